The first-order chi connectivity index (χ1) is 6.20. The van der Waals surface area contributed by atoms with Gasteiger partial charge in [-0.2, -0.15) is 0 Å². The van der Waals surface area contributed by atoms with Gasteiger partial charge in [-0.25, -0.2) is 4.79 Å². The zero-order chi connectivity index (χ0) is 9.42. The first-order valence-corrected chi connectivity index (χ1v) is 3.60. The molecule has 2 N–H and O–H groups in total. The third-order valence-corrected chi connectivity index (χ3v) is 1.77. The lowest BCUT2D eigenvalue weighted by atomic mass is 10.2. The monoisotopic (exact) mass is 178 g/mol. The molecule has 0 atom stereocenters. The molecule has 0 fully saturated rings. The second-order valence-electron chi connectivity index (χ2n) is 2.56. The SMILES string of the molecule is O=C(O)c1nn(O)c2ccccc12. The first kappa shape index (κ1) is 7.60. The van der Waals surface area contributed by atoms with Crippen LogP contribution in [0, 0.1) is 0 Å². The maximum atomic E-state index is 10.6. The Hall–Kier alpha value is -2.04. The molecule has 13 heavy (non-hydrogen) atoms. The minimum Gasteiger partial charge on any atom is -0.476 e. The molecule has 1 heterocycles. The molecule has 0 bridgehead atoms. The molecule has 2 aromatic rings. The summed E-state index contributed by atoms with van der Waals surface area (Å²) in [5.41, 5.74) is 0.248. The maximum Gasteiger partial charge on any atom is 0.357 e. The fourth-order valence-electron chi connectivity index (χ4n) is 1.21. The maximum absolute atomic E-state index is 10.6. The number of hydrogen-bond acceptors (Lipinski definition) is 3. The summed E-state index contributed by atoms with van der Waals surface area (Å²) < 4.78 is 0. The van der Waals surface area contributed by atoms with Gasteiger partial charge >= 0.3 is 5.97 Å². The quantitative estimate of drug-likeness (QED) is 0.638. The van der Waals surface area contributed by atoms with Crippen LogP contribution in [0.2, 0.25) is 0 Å². The summed E-state index contributed by atoms with van der Waals surface area (Å²) in [7, 11) is 0. The van der Waals surface area contributed by atoms with Crippen molar-refractivity contribution >= 4 is 16.9 Å². The molecule has 5 nitrogen and oxygen atoms in total. The molecule has 0 saturated heterocycles. The standard InChI is InChI=1S/C8H6N2O3/c11-8(12)7-5-3-1-2-4-6(5)10(13)9-7/h1-4,13H,(H,11,12). The summed E-state index contributed by atoms with van der Waals surface area (Å²) in [5, 5.41) is 21.8. The molecule has 66 valence electrons. The van der Waals surface area contributed by atoms with Crippen molar-refractivity contribution in [3.63, 3.8) is 0 Å². The lowest BCUT2D eigenvalue weighted by Gasteiger charge is -1.88. The molecular formula is C8H6N2O3. The van der Waals surface area contributed by atoms with Crippen LogP contribution >= 0.6 is 0 Å². The highest BCUT2D eigenvalue weighted by Gasteiger charge is 2.14. The van der Waals surface area contributed by atoms with Gasteiger partial charge in [0.25, 0.3) is 0 Å². The summed E-state index contributed by atoms with van der Waals surface area (Å²) in [6.07, 6.45) is 0. The Morgan fingerprint density at radius 2 is 2.08 bits per heavy atom. The van der Waals surface area contributed by atoms with E-state index >= 15 is 0 Å². The van der Waals surface area contributed by atoms with E-state index in [1.54, 1.807) is 24.3 Å². The van der Waals surface area contributed by atoms with E-state index in [1.807, 2.05) is 0 Å². The van der Waals surface area contributed by atoms with Crippen LogP contribution in [0.1, 0.15) is 10.5 Å². The molecular weight excluding hydrogens is 172 g/mol. The minimum absolute atomic E-state index is 0.141. The fraction of sp³-hybridized carbons (Fsp3) is 0. The average Bonchev–Trinajstić information content (AvgIpc) is 2.45. The van der Waals surface area contributed by atoms with Crippen molar-refractivity contribution in [2.75, 3.05) is 0 Å². The van der Waals surface area contributed by atoms with Crippen LogP contribution in [-0.4, -0.2) is 26.2 Å². The van der Waals surface area contributed by atoms with Crippen LogP contribution in [-0.2, 0) is 0 Å². The Labute approximate surface area is 72.8 Å². The van der Waals surface area contributed by atoms with Gasteiger partial charge < -0.3 is 10.3 Å². The molecule has 0 spiro atoms. The van der Waals surface area contributed by atoms with Gasteiger partial charge in [0.05, 0.1) is 0 Å². The van der Waals surface area contributed by atoms with E-state index in [1.165, 1.54) is 0 Å². The summed E-state index contributed by atoms with van der Waals surface area (Å²) in [6.45, 7) is 0. The van der Waals surface area contributed by atoms with Crippen molar-refractivity contribution in [2.24, 2.45) is 0 Å². The van der Waals surface area contributed by atoms with Crippen molar-refractivity contribution in [3.8, 4) is 0 Å². The number of hydrogen-bond donors (Lipinski definition) is 2. The number of rotatable bonds is 1. The molecule has 0 saturated carbocycles. The average molecular weight is 178 g/mol. The summed E-state index contributed by atoms with van der Waals surface area (Å²) in [5.74, 6) is -1.15. The summed E-state index contributed by atoms with van der Waals surface area (Å²) in [6, 6.07) is 6.58. The minimum atomic E-state index is -1.15. The summed E-state index contributed by atoms with van der Waals surface area (Å²) in [4.78, 5) is 11.2. The van der Waals surface area contributed by atoms with E-state index in [9.17, 15) is 10.0 Å². The molecule has 2 rings (SSSR count). The number of fused-ring (bicyclic) bond motifs is 1. The summed E-state index contributed by atoms with van der Waals surface area (Å²) >= 11 is 0. The van der Waals surface area contributed by atoms with Crippen LogP contribution in [0.5, 0.6) is 0 Å². The number of benzene rings is 1. The highest BCUT2D eigenvalue weighted by Crippen LogP contribution is 2.16. The van der Waals surface area contributed by atoms with E-state index in [0.29, 0.717) is 15.7 Å². The highest BCUT2D eigenvalue weighted by atomic mass is 16.5. The van der Waals surface area contributed by atoms with Gasteiger partial charge in [0.1, 0.15) is 5.52 Å². The van der Waals surface area contributed by atoms with Gasteiger partial charge in [0, 0.05) is 5.39 Å². The zero-order valence-electron chi connectivity index (χ0n) is 6.51. The third-order valence-electron chi connectivity index (χ3n) is 1.77. The van der Waals surface area contributed by atoms with Gasteiger partial charge in [0.2, 0.25) is 0 Å². The Morgan fingerprint density at radius 1 is 1.38 bits per heavy atom. The number of carboxylic acid groups (broad SMARTS) is 1. The second-order valence-corrected chi connectivity index (χ2v) is 2.56. The fourth-order valence-corrected chi connectivity index (χ4v) is 1.21. The molecule has 0 aliphatic rings. The van der Waals surface area contributed by atoms with Gasteiger partial charge in [0.15, 0.2) is 5.69 Å². The van der Waals surface area contributed by atoms with Crippen molar-refractivity contribution in [2.45, 2.75) is 0 Å². The van der Waals surface area contributed by atoms with Crippen molar-refractivity contribution in [1.82, 2.24) is 9.94 Å². The Balaban J connectivity index is 2.85. The molecule has 0 aliphatic carbocycles. The molecule has 0 aliphatic heterocycles. The normalized spacial score (nSPS) is 10.5. The number of aromatic nitrogens is 2. The smallest absolute Gasteiger partial charge is 0.357 e. The predicted molar refractivity (Wildman–Crippen MR) is 43.9 cm³/mol. The van der Waals surface area contributed by atoms with E-state index in [-0.39, 0.29) is 5.69 Å². The van der Waals surface area contributed by atoms with Gasteiger partial charge in [-0.1, -0.05) is 18.2 Å². The number of carboxylic acids is 1. The van der Waals surface area contributed by atoms with Crippen LogP contribution < -0.4 is 0 Å². The van der Waals surface area contributed by atoms with Crippen LogP contribution in [0.3, 0.4) is 0 Å². The molecule has 5 heteroatoms. The molecule has 0 amide bonds. The van der Waals surface area contributed by atoms with Crippen LogP contribution in [0.4, 0.5) is 0 Å². The van der Waals surface area contributed by atoms with Crippen molar-refractivity contribution in [3.05, 3.63) is 30.0 Å². The zero-order valence-corrected chi connectivity index (χ0v) is 6.51. The molecule has 1 aromatic heterocycles. The van der Waals surface area contributed by atoms with E-state index < -0.39 is 5.97 Å². The van der Waals surface area contributed by atoms with E-state index in [0.717, 1.165) is 0 Å². The third kappa shape index (κ3) is 1.01. The Bertz CT molecular complexity index is 475. The lowest BCUT2D eigenvalue weighted by molar-refractivity contribution is 0.0681. The molecule has 1 aromatic carbocycles. The first-order valence-electron chi connectivity index (χ1n) is 3.60. The Morgan fingerprint density at radius 3 is 2.77 bits per heavy atom. The van der Waals surface area contributed by atoms with Crippen LogP contribution in [0.15, 0.2) is 24.3 Å². The number of nitrogens with zero attached hydrogens (tertiary/aromatic N) is 2. The Kier molecular flexibility index (Phi) is 1.45. The van der Waals surface area contributed by atoms with Gasteiger partial charge in [-0.3, -0.25) is 0 Å². The van der Waals surface area contributed by atoms with Crippen molar-refractivity contribution < 1.29 is 15.1 Å². The van der Waals surface area contributed by atoms with Crippen molar-refractivity contribution in [1.29, 1.82) is 0 Å². The topological polar surface area (TPSA) is 75.3 Å². The largest absolute Gasteiger partial charge is 0.476 e. The highest BCUT2D eigenvalue weighted by molar-refractivity contribution is 6.00. The van der Waals surface area contributed by atoms with Crippen LogP contribution in [0.25, 0.3) is 10.9 Å². The number of carbonyl (C=O) groups is 1. The van der Waals surface area contributed by atoms with E-state index in [2.05, 4.69) is 5.10 Å². The second kappa shape index (κ2) is 2.48. The predicted octanol–water partition coefficient (Wildman–Crippen LogP) is 0.972. The number of para-hydroxylation sites is 1. The molecule has 0 radical (unpaired) electrons. The lowest BCUT2D eigenvalue weighted by Crippen LogP contribution is -1.99. The van der Waals surface area contributed by atoms with Gasteiger partial charge in [-0.05, 0) is 6.07 Å². The van der Waals surface area contributed by atoms with E-state index in [4.69, 9.17) is 5.11 Å². The van der Waals surface area contributed by atoms with Gasteiger partial charge in [-0.15, -0.1) is 9.94 Å². The molecule has 0 unspecified atom stereocenters. The number of aromatic carboxylic acids is 1.